The first kappa shape index (κ1) is 21.7. The number of benzene rings is 2. The van der Waals surface area contributed by atoms with Gasteiger partial charge in [0.15, 0.2) is 5.69 Å². The number of sulfonamides is 1. The van der Waals surface area contributed by atoms with Crippen molar-refractivity contribution in [1.29, 1.82) is 0 Å². The molecule has 0 aliphatic carbocycles. The fourth-order valence-corrected chi connectivity index (χ4v) is 3.83. The Morgan fingerprint density at radius 3 is 2.53 bits per heavy atom. The Hall–Kier alpha value is -3.05. The third-order valence-corrected chi connectivity index (χ3v) is 5.66. The Morgan fingerprint density at radius 2 is 1.87 bits per heavy atom. The van der Waals surface area contributed by atoms with Crippen molar-refractivity contribution in [1.82, 2.24) is 14.3 Å². The highest BCUT2D eigenvalue weighted by Gasteiger charge is 2.34. The van der Waals surface area contributed by atoms with Gasteiger partial charge in [0.25, 0.3) is 15.9 Å². The third-order valence-electron chi connectivity index (χ3n) is 3.97. The molecule has 3 aromatic rings. The van der Waals surface area contributed by atoms with Crippen molar-refractivity contribution in [2.24, 2.45) is 0 Å². The summed E-state index contributed by atoms with van der Waals surface area (Å²) in [5, 5.41) is -0.481. The van der Waals surface area contributed by atoms with E-state index in [2.05, 4.69) is 4.98 Å². The van der Waals surface area contributed by atoms with Gasteiger partial charge in [-0.3, -0.25) is 9.36 Å². The van der Waals surface area contributed by atoms with Crippen molar-refractivity contribution in [3.05, 3.63) is 71.3 Å². The summed E-state index contributed by atoms with van der Waals surface area (Å²) in [5.74, 6) is -0.956. The monoisotopic (exact) mass is 459 g/mol. The number of alkyl halides is 3. The lowest BCUT2D eigenvalue weighted by molar-refractivity contribution is -0.137. The van der Waals surface area contributed by atoms with Gasteiger partial charge in [0, 0.05) is 6.07 Å². The predicted molar refractivity (Wildman–Crippen MR) is 101 cm³/mol. The van der Waals surface area contributed by atoms with Crippen molar-refractivity contribution < 1.29 is 31.1 Å². The van der Waals surface area contributed by atoms with Crippen molar-refractivity contribution in [2.45, 2.75) is 11.1 Å². The average Bonchev–Trinajstić information content (AvgIpc) is 3.08. The van der Waals surface area contributed by atoms with Crippen LogP contribution in [0.5, 0.6) is 5.75 Å². The second-order valence-corrected chi connectivity index (χ2v) is 7.92. The number of ether oxygens (including phenoxy) is 1. The maximum Gasteiger partial charge on any atom is 0.418 e. The fourth-order valence-electron chi connectivity index (χ4n) is 2.57. The largest absolute Gasteiger partial charge is 0.497 e. The zero-order chi connectivity index (χ0) is 22.1. The van der Waals surface area contributed by atoms with Crippen LogP contribution in [0, 0.1) is 0 Å². The maximum atomic E-state index is 13.3. The molecule has 30 heavy (non-hydrogen) atoms. The molecule has 1 aromatic heterocycles. The minimum atomic E-state index is -4.68. The first-order valence-electron chi connectivity index (χ1n) is 8.15. The van der Waals surface area contributed by atoms with E-state index in [-0.39, 0.29) is 16.3 Å². The zero-order valence-electron chi connectivity index (χ0n) is 15.1. The van der Waals surface area contributed by atoms with Crippen LogP contribution in [-0.2, 0) is 16.2 Å². The van der Waals surface area contributed by atoms with Gasteiger partial charge in [0.05, 0.1) is 23.3 Å². The van der Waals surface area contributed by atoms with E-state index >= 15 is 0 Å². The molecule has 1 amide bonds. The van der Waals surface area contributed by atoms with Crippen LogP contribution in [0.3, 0.4) is 0 Å². The van der Waals surface area contributed by atoms with E-state index < -0.39 is 38.5 Å². The number of methoxy groups -OCH3 is 1. The van der Waals surface area contributed by atoms with E-state index in [1.54, 1.807) is 4.72 Å². The number of aromatic nitrogens is 2. The highest BCUT2D eigenvalue weighted by Crippen LogP contribution is 2.35. The number of para-hydroxylation sites is 1. The molecule has 1 heterocycles. The second-order valence-electron chi connectivity index (χ2n) is 5.88. The molecule has 0 aliphatic rings. The van der Waals surface area contributed by atoms with Crippen molar-refractivity contribution in [2.75, 3.05) is 7.11 Å². The van der Waals surface area contributed by atoms with Gasteiger partial charge < -0.3 is 4.74 Å². The minimum absolute atomic E-state index is 0.247. The van der Waals surface area contributed by atoms with Gasteiger partial charge in [-0.15, -0.1) is 0 Å². The van der Waals surface area contributed by atoms with Crippen LogP contribution in [0.4, 0.5) is 13.2 Å². The van der Waals surface area contributed by atoms with Crippen LogP contribution in [0.2, 0.25) is 5.15 Å². The number of imidazole rings is 1. The van der Waals surface area contributed by atoms with E-state index in [0.717, 1.165) is 23.0 Å². The summed E-state index contributed by atoms with van der Waals surface area (Å²) in [4.78, 5) is 15.9. The molecule has 0 spiro atoms. The van der Waals surface area contributed by atoms with Crippen molar-refractivity contribution in [3.63, 3.8) is 0 Å². The summed E-state index contributed by atoms with van der Waals surface area (Å²) in [6, 6.07) is 9.89. The Morgan fingerprint density at radius 1 is 1.17 bits per heavy atom. The molecular formula is C18H13ClF3N3O4S. The SMILES string of the molecule is COc1cccc(S(=O)(=O)NC(=O)c2ncn(-c3ccccc3C(F)(F)F)c2Cl)c1. The van der Waals surface area contributed by atoms with E-state index in [9.17, 15) is 26.4 Å². The van der Waals surface area contributed by atoms with Crippen LogP contribution >= 0.6 is 11.6 Å². The molecule has 158 valence electrons. The molecule has 0 radical (unpaired) electrons. The maximum absolute atomic E-state index is 13.3. The summed E-state index contributed by atoms with van der Waals surface area (Å²) in [6.07, 6.45) is -3.78. The third kappa shape index (κ3) is 4.26. The lowest BCUT2D eigenvalue weighted by Gasteiger charge is -2.13. The smallest absolute Gasteiger partial charge is 0.418 e. The number of nitrogens with zero attached hydrogens (tertiary/aromatic N) is 2. The van der Waals surface area contributed by atoms with Crippen molar-refractivity contribution in [3.8, 4) is 11.4 Å². The van der Waals surface area contributed by atoms with Gasteiger partial charge >= 0.3 is 6.18 Å². The summed E-state index contributed by atoms with van der Waals surface area (Å²) >= 11 is 6.06. The van der Waals surface area contributed by atoms with Crippen LogP contribution < -0.4 is 9.46 Å². The molecular weight excluding hydrogens is 447 g/mol. The van der Waals surface area contributed by atoms with E-state index in [0.29, 0.717) is 0 Å². The Balaban J connectivity index is 1.94. The Labute approximate surface area is 174 Å². The number of rotatable bonds is 5. The summed E-state index contributed by atoms with van der Waals surface area (Å²) in [5.41, 5.74) is -1.92. The van der Waals surface area contributed by atoms with Gasteiger partial charge in [-0.2, -0.15) is 13.2 Å². The number of carbonyl (C=O) groups excluding carboxylic acids is 1. The van der Waals surface area contributed by atoms with Crippen LogP contribution in [0.1, 0.15) is 16.1 Å². The standard InChI is InChI=1S/C18H13ClF3N3O4S/c1-29-11-5-4-6-12(9-11)30(27,28)24-17(26)15-16(19)25(10-23-15)14-8-3-2-7-13(14)18(20,21)22/h2-10H,1H3,(H,24,26). The first-order valence-corrected chi connectivity index (χ1v) is 10.0. The van der Waals surface area contributed by atoms with E-state index in [1.165, 1.54) is 43.5 Å². The van der Waals surface area contributed by atoms with E-state index in [4.69, 9.17) is 16.3 Å². The highest BCUT2D eigenvalue weighted by atomic mass is 35.5. The number of halogens is 4. The highest BCUT2D eigenvalue weighted by molar-refractivity contribution is 7.90. The molecule has 12 heteroatoms. The zero-order valence-corrected chi connectivity index (χ0v) is 16.7. The molecule has 0 bridgehead atoms. The molecule has 0 unspecified atom stereocenters. The molecule has 1 N–H and O–H groups in total. The van der Waals surface area contributed by atoms with E-state index in [1.807, 2.05) is 0 Å². The number of hydrogen-bond donors (Lipinski definition) is 1. The van der Waals surface area contributed by atoms with Crippen LogP contribution in [0.25, 0.3) is 5.69 Å². The number of carbonyl (C=O) groups is 1. The summed E-state index contributed by atoms with van der Waals surface area (Å²) in [7, 11) is -2.97. The summed E-state index contributed by atoms with van der Waals surface area (Å²) < 4.78 is 72.2. The molecule has 0 atom stereocenters. The quantitative estimate of drug-likeness (QED) is 0.628. The lowest BCUT2D eigenvalue weighted by atomic mass is 10.1. The lowest BCUT2D eigenvalue weighted by Crippen LogP contribution is -2.31. The molecule has 7 nitrogen and oxygen atoms in total. The molecule has 2 aromatic carbocycles. The average molecular weight is 460 g/mol. The van der Waals surface area contributed by atoms with Gasteiger partial charge in [0.2, 0.25) is 0 Å². The fraction of sp³-hybridized carbons (Fsp3) is 0.111. The van der Waals surface area contributed by atoms with Crippen LogP contribution in [-0.4, -0.2) is 31.0 Å². The number of nitrogens with one attached hydrogen (secondary N) is 1. The molecule has 0 saturated heterocycles. The number of hydrogen-bond acceptors (Lipinski definition) is 5. The normalized spacial score (nSPS) is 11.9. The molecule has 3 rings (SSSR count). The second kappa shape index (κ2) is 8.00. The van der Waals surface area contributed by atoms with Gasteiger partial charge in [-0.05, 0) is 24.3 Å². The minimum Gasteiger partial charge on any atom is -0.497 e. The molecule has 0 saturated carbocycles. The predicted octanol–water partition coefficient (Wildman–Crippen LogP) is 3.67. The Kier molecular flexibility index (Phi) is 5.77. The molecule has 0 fully saturated rings. The van der Waals surface area contributed by atoms with Gasteiger partial charge in [-0.1, -0.05) is 29.8 Å². The van der Waals surface area contributed by atoms with Crippen molar-refractivity contribution >= 4 is 27.5 Å². The van der Waals surface area contributed by atoms with Gasteiger partial charge in [0.1, 0.15) is 17.2 Å². The number of amides is 1. The topological polar surface area (TPSA) is 90.3 Å². The Bertz CT molecular complexity index is 1210. The van der Waals surface area contributed by atoms with Crippen LogP contribution in [0.15, 0.2) is 59.8 Å². The molecule has 0 aliphatic heterocycles. The van der Waals surface area contributed by atoms with Gasteiger partial charge in [-0.25, -0.2) is 18.1 Å². The first-order chi connectivity index (χ1) is 14.0. The summed E-state index contributed by atoms with van der Waals surface area (Å²) in [6.45, 7) is 0.